The van der Waals surface area contributed by atoms with Crippen molar-refractivity contribution >= 4 is 39.8 Å². The molecule has 0 radical (unpaired) electrons. The summed E-state index contributed by atoms with van der Waals surface area (Å²) in [4.78, 5) is 12.6. The molecule has 1 heterocycles. The van der Waals surface area contributed by atoms with Crippen LogP contribution in [0, 0.1) is 11.6 Å². The molecule has 1 aromatic heterocycles. The van der Waals surface area contributed by atoms with E-state index in [0.717, 1.165) is 11.3 Å². The van der Waals surface area contributed by atoms with E-state index in [2.05, 4.69) is 4.72 Å². The number of halogens is 3. The fraction of sp³-hybridized carbons (Fsp3) is 0.476. The van der Waals surface area contributed by atoms with E-state index in [9.17, 15) is 22.9 Å². The van der Waals surface area contributed by atoms with Gasteiger partial charge in [-0.25, -0.2) is 13.0 Å². The molecule has 2 aromatic rings. The Bertz CT molecular complexity index is 946. The Balaban J connectivity index is 2.36. The molecule has 4 nitrogen and oxygen atoms in total. The van der Waals surface area contributed by atoms with Gasteiger partial charge in [0.25, 0.3) is 0 Å². The molecule has 0 aliphatic rings. The standard InChI is InChI=1S/C21H26ClF2NO3S2/c1-10(2)16-13(17(11(3)4)20(24)18(22)19(16)23)8-14(26)25-30(28)15-7-12(9-29-15)21(5,6)27/h7,9-11,27H,8H2,1-6H3,(H,25,26). The number of hydrogen-bond donors (Lipinski definition) is 2. The minimum Gasteiger partial charge on any atom is -0.386 e. The van der Waals surface area contributed by atoms with Gasteiger partial charge in [0.15, 0.2) is 11.0 Å². The van der Waals surface area contributed by atoms with Crippen molar-refractivity contribution in [2.45, 2.75) is 69.6 Å². The molecular formula is C21H26ClF2NO3S2. The number of carbonyl (C=O) groups excluding carboxylic acids is 1. The highest BCUT2D eigenvalue weighted by Crippen LogP contribution is 2.37. The molecule has 2 N–H and O–H groups in total. The summed E-state index contributed by atoms with van der Waals surface area (Å²) in [6.45, 7) is 10.1. The molecule has 0 saturated heterocycles. The van der Waals surface area contributed by atoms with Crippen LogP contribution in [0.3, 0.4) is 0 Å². The Kier molecular flexibility index (Phi) is 7.83. The Hall–Kier alpha value is -1.35. The van der Waals surface area contributed by atoms with Crippen molar-refractivity contribution in [2.24, 2.45) is 0 Å². The van der Waals surface area contributed by atoms with Gasteiger partial charge in [-0.05, 0) is 59.4 Å². The lowest BCUT2D eigenvalue weighted by molar-refractivity contribution is -0.118. The molecule has 0 fully saturated rings. The minimum atomic E-state index is -1.86. The lowest BCUT2D eigenvalue weighted by Crippen LogP contribution is -2.28. The van der Waals surface area contributed by atoms with Crippen LogP contribution < -0.4 is 4.72 Å². The number of amides is 1. The zero-order valence-corrected chi connectivity index (χ0v) is 20.1. The highest BCUT2D eigenvalue weighted by atomic mass is 35.5. The van der Waals surface area contributed by atoms with Gasteiger partial charge in [0.05, 0.1) is 12.0 Å². The summed E-state index contributed by atoms with van der Waals surface area (Å²) < 4.78 is 44.7. The van der Waals surface area contributed by atoms with Gasteiger partial charge >= 0.3 is 0 Å². The van der Waals surface area contributed by atoms with Gasteiger partial charge in [-0.2, -0.15) is 0 Å². The van der Waals surface area contributed by atoms with E-state index < -0.39 is 39.2 Å². The average Bonchev–Trinajstić information content (AvgIpc) is 3.09. The van der Waals surface area contributed by atoms with Gasteiger partial charge in [0.2, 0.25) is 5.91 Å². The second kappa shape index (κ2) is 9.42. The maximum absolute atomic E-state index is 14.7. The predicted octanol–water partition coefficient (Wildman–Crippen LogP) is 5.54. The van der Waals surface area contributed by atoms with Crippen molar-refractivity contribution < 1.29 is 22.9 Å². The zero-order valence-electron chi connectivity index (χ0n) is 17.7. The van der Waals surface area contributed by atoms with Gasteiger partial charge in [0, 0.05) is 0 Å². The highest BCUT2D eigenvalue weighted by molar-refractivity contribution is 7.86. The van der Waals surface area contributed by atoms with Crippen molar-refractivity contribution in [1.29, 1.82) is 0 Å². The number of aliphatic hydroxyl groups is 1. The first-order valence-electron chi connectivity index (χ1n) is 9.47. The molecule has 1 amide bonds. The summed E-state index contributed by atoms with van der Waals surface area (Å²) in [7, 11) is -1.86. The molecule has 0 aliphatic carbocycles. The van der Waals surface area contributed by atoms with Crippen LogP contribution in [-0.4, -0.2) is 15.2 Å². The minimum absolute atomic E-state index is 0.187. The molecule has 1 unspecified atom stereocenters. The quantitative estimate of drug-likeness (QED) is 0.515. The second-order valence-electron chi connectivity index (χ2n) is 8.24. The first-order chi connectivity index (χ1) is 13.8. The average molecular weight is 478 g/mol. The molecule has 30 heavy (non-hydrogen) atoms. The lowest BCUT2D eigenvalue weighted by atomic mass is 9.86. The van der Waals surface area contributed by atoms with Crippen LogP contribution in [0.1, 0.15) is 75.6 Å². The SMILES string of the molecule is CC(C)c1c(F)c(Cl)c(F)c(C(C)C)c1CC(=O)NS(=O)c1cc(C(C)(C)O)cs1. The maximum atomic E-state index is 14.7. The molecule has 0 aliphatic heterocycles. The molecular weight excluding hydrogens is 452 g/mol. The van der Waals surface area contributed by atoms with Crippen LogP contribution in [0.4, 0.5) is 8.78 Å². The van der Waals surface area contributed by atoms with Gasteiger partial charge in [-0.15, -0.1) is 11.3 Å². The van der Waals surface area contributed by atoms with Crippen LogP contribution in [0.2, 0.25) is 5.02 Å². The fourth-order valence-electron chi connectivity index (χ4n) is 3.22. The summed E-state index contributed by atoms with van der Waals surface area (Å²) in [5.41, 5.74) is 0.0889. The molecule has 9 heteroatoms. The Morgan fingerprint density at radius 3 is 2.10 bits per heavy atom. The second-order valence-corrected chi connectivity index (χ2v) is 11.0. The lowest BCUT2D eigenvalue weighted by Gasteiger charge is -2.22. The van der Waals surface area contributed by atoms with Crippen molar-refractivity contribution in [3.8, 4) is 0 Å². The van der Waals surface area contributed by atoms with E-state index in [1.54, 1.807) is 53.0 Å². The largest absolute Gasteiger partial charge is 0.386 e. The van der Waals surface area contributed by atoms with Crippen LogP contribution >= 0.6 is 22.9 Å². The Morgan fingerprint density at radius 2 is 1.70 bits per heavy atom. The van der Waals surface area contributed by atoms with Crippen molar-refractivity contribution in [1.82, 2.24) is 4.72 Å². The van der Waals surface area contributed by atoms with E-state index in [0.29, 0.717) is 9.77 Å². The Labute approximate surface area is 187 Å². The van der Waals surface area contributed by atoms with Gasteiger partial charge < -0.3 is 5.11 Å². The van der Waals surface area contributed by atoms with Gasteiger partial charge in [-0.3, -0.25) is 9.52 Å². The van der Waals surface area contributed by atoms with Crippen LogP contribution in [0.15, 0.2) is 15.7 Å². The maximum Gasteiger partial charge on any atom is 0.236 e. The van der Waals surface area contributed by atoms with Crippen LogP contribution in [0.5, 0.6) is 0 Å². The van der Waals surface area contributed by atoms with E-state index in [4.69, 9.17) is 11.6 Å². The van der Waals surface area contributed by atoms with E-state index in [-0.39, 0.29) is 34.9 Å². The van der Waals surface area contributed by atoms with Gasteiger partial charge in [-0.1, -0.05) is 39.3 Å². The van der Waals surface area contributed by atoms with E-state index >= 15 is 0 Å². The summed E-state index contributed by atoms with van der Waals surface area (Å²) >= 11 is 7.01. The third-order valence-electron chi connectivity index (χ3n) is 4.67. The third-order valence-corrected chi connectivity index (χ3v) is 7.36. The monoisotopic (exact) mass is 477 g/mol. The number of rotatable bonds is 7. The topological polar surface area (TPSA) is 66.4 Å². The zero-order chi connectivity index (χ0) is 23.0. The molecule has 2 rings (SSSR count). The number of thiophene rings is 1. The van der Waals surface area contributed by atoms with Crippen molar-refractivity contribution in [3.05, 3.63) is 50.4 Å². The summed E-state index contributed by atoms with van der Waals surface area (Å²) in [6, 6.07) is 1.56. The number of hydrogen-bond acceptors (Lipinski definition) is 4. The molecule has 1 atom stereocenters. The number of nitrogens with one attached hydrogen (secondary N) is 1. The normalized spacial score (nSPS) is 13.2. The highest BCUT2D eigenvalue weighted by Gasteiger charge is 2.28. The number of benzene rings is 1. The van der Waals surface area contributed by atoms with Gasteiger partial charge in [0.1, 0.15) is 20.9 Å². The summed E-state index contributed by atoms with van der Waals surface area (Å²) in [5, 5.41) is 11.1. The predicted molar refractivity (Wildman–Crippen MR) is 117 cm³/mol. The number of carbonyl (C=O) groups is 1. The third kappa shape index (κ3) is 5.28. The summed E-state index contributed by atoms with van der Waals surface area (Å²) in [5.74, 6) is -3.03. The van der Waals surface area contributed by atoms with E-state index in [1.165, 1.54) is 0 Å². The molecule has 166 valence electrons. The molecule has 0 saturated carbocycles. The smallest absolute Gasteiger partial charge is 0.236 e. The first kappa shape index (κ1) is 24.9. The fourth-order valence-corrected chi connectivity index (χ4v) is 5.45. The molecule has 1 aromatic carbocycles. The van der Waals surface area contributed by atoms with Crippen LogP contribution in [-0.2, 0) is 27.8 Å². The van der Waals surface area contributed by atoms with E-state index in [1.807, 2.05) is 0 Å². The van der Waals surface area contributed by atoms with Crippen LogP contribution in [0.25, 0.3) is 0 Å². The summed E-state index contributed by atoms with van der Waals surface area (Å²) in [6.07, 6.45) is -0.332. The van der Waals surface area contributed by atoms with Crippen molar-refractivity contribution in [2.75, 3.05) is 0 Å². The first-order valence-corrected chi connectivity index (χ1v) is 11.9. The molecule has 0 bridgehead atoms. The Morgan fingerprint density at radius 1 is 1.20 bits per heavy atom. The van der Waals surface area contributed by atoms with Crippen molar-refractivity contribution in [3.63, 3.8) is 0 Å². The molecule has 0 spiro atoms.